The van der Waals surface area contributed by atoms with Gasteiger partial charge in [0.15, 0.2) is 0 Å². The van der Waals surface area contributed by atoms with Gasteiger partial charge in [0.1, 0.15) is 6.04 Å². The Morgan fingerprint density at radius 2 is 2.50 bits per heavy atom. The Morgan fingerprint density at radius 3 is 2.62 bits per heavy atom. The van der Waals surface area contributed by atoms with Gasteiger partial charge in [-0.3, -0.25) is 10.2 Å². The van der Waals surface area contributed by atoms with Crippen molar-refractivity contribution in [1.29, 1.82) is 0 Å². The summed E-state index contributed by atoms with van der Waals surface area (Å²) in [5.41, 5.74) is 1.95. The summed E-state index contributed by atoms with van der Waals surface area (Å²) < 4.78 is 0. The van der Waals surface area contributed by atoms with Gasteiger partial charge in [0.05, 0.1) is 5.29 Å². The summed E-state index contributed by atoms with van der Waals surface area (Å²) in [7, 11) is 0. The van der Waals surface area contributed by atoms with Crippen molar-refractivity contribution in [2.45, 2.75) is 6.04 Å². The van der Waals surface area contributed by atoms with E-state index in [1.54, 1.807) is 0 Å². The Morgan fingerprint density at radius 1 is 1.88 bits per heavy atom. The van der Waals surface area contributed by atoms with E-state index >= 15 is 0 Å². The molecule has 0 spiro atoms. The van der Waals surface area contributed by atoms with Crippen molar-refractivity contribution >= 4 is 18.9 Å². The van der Waals surface area contributed by atoms with Crippen LogP contribution in [0.15, 0.2) is 5.29 Å². The average molecular weight is 133 g/mol. The fourth-order valence-electron chi connectivity index (χ4n) is 0.168. The highest BCUT2D eigenvalue weighted by atomic mass is 32.1. The Hall–Kier alpha value is -0.580. The predicted octanol–water partition coefficient (Wildman–Crippen LogP) is -0.335. The van der Waals surface area contributed by atoms with E-state index in [-0.39, 0.29) is 5.75 Å². The molecule has 0 aromatic rings. The van der Waals surface area contributed by atoms with E-state index in [0.29, 0.717) is 0 Å². The molecule has 1 radical (unpaired) electrons. The number of hydrogen-bond donors (Lipinski definition) is 2. The van der Waals surface area contributed by atoms with E-state index in [2.05, 4.69) is 17.9 Å². The van der Waals surface area contributed by atoms with Gasteiger partial charge >= 0.3 is 0 Å². The highest BCUT2D eigenvalue weighted by Gasteiger charge is 2.01. The molecule has 0 unspecified atom stereocenters. The molecule has 0 fully saturated rings. The van der Waals surface area contributed by atoms with Crippen molar-refractivity contribution in [1.82, 2.24) is 5.43 Å². The molecule has 4 nitrogen and oxygen atoms in total. The zero-order valence-electron chi connectivity index (χ0n) is 4.00. The van der Waals surface area contributed by atoms with Crippen LogP contribution in [0.5, 0.6) is 0 Å². The molecule has 0 aliphatic carbocycles. The quantitative estimate of drug-likeness (QED) is 0.313. The smallest absolute Gasteiger partial charge is 0.225 e. The molecule has 0 heterocycles. The van der Waals surface area contributed by atoms with E-state index < -0.39 is 6.04 Å². The lowest BCUT2D eigenvalue weighted by Gasteiger charge is -1.97. The number of carbonyl (C=O) groups excluding carboxylic acids is 1. The minimum Gasteiger partial charge on any atom is -0.288 e. The van der Waals surface area contributed by atoms with Crippen molar-refractivity contribution in [3.05, 3.63) is 4.91 Å². The van der Waals surface area contributed by atoms with Crippen LogP contribution in [0.3, 0.4) is 0 Å². The summed E-state index contributed by atoms with van der Waals surface area (Å²) in [5, 5.41) is 2.27. The van der Waals surface area contributed by atoms with Crippen molar-refractivity contribution in [3.63, 3.8) is 0 Å². The maximum Gasteiger partial charge on any atom is 0.225 e. The summed E-state index contributed by atoms with van der Waals surface area (Å²) in [6.45, 7) is 0. The van der Waals surface area contributed by atoms with Crippen molar-refractivity contribution in [3.8, 4) is 0 Å². The molecule has 0 aromatic heterocycles. The molecule has 0 saturated carbocycles. The third-order valence-corrected chi connectivity index (χ3v) is 0.899. The monoisotopic (exact) mass is 133 g/mol. The third-order valence-electron chi connectivity index (χ3n) is 0.533. The molecule has 1 N–H and O–H groups in total. The first-order chi connectivity index (χ1) is 3.85. The topological polar surface area (TPSA) is 58.5 Å². The van der Waals surface area contributed by atoms with E-state index in [9.17, 15) is 9.70 Å². The zero-order chi connectivity index (χ0) is 6.41. The lowest BCUT2D eigenvalue weighted by atomic mass is 10.4. The van der Waals surface area contributed by atoms with E-state index in [0.717, 1.165) is 0 Å². The third kappa shape index (κ3) is 2.57. The van der Waals surface area contributed by atoms with Crippen molar-refractivity contribution < 1.29 is 4.79 Å². The minimum absolute atomic E-state index is 0.231. The van der Waals surface area contributed by atoms with E-state index in [4.69, 9.17) is 0 Å². The Kier molecular flexibility index (Phi) is 4.24. The molecule has 8 heavy (non-hydrogen) atoms. The van der Waals surface area contributed by atoms with Crippen molar-refractivity contribution in [2.75, 3.05) is 5.75 Å². The average Bonchev–Trinajstić information content (AvgIpc) is 1.83. The van der Waals surface area contributed by atoms with Gasteiger partial charge in [-0.1, -0.05) is 0 Å². The van der Waals surface area contributed by atoms with Gasteiger partial charge < -0.3 is 0 Å². The number of hydrogen-bond acceptors (Lipinski definition) is 4. The summed E-state index contributed by atoms with van der Waals surface area (Å²) in [5.74, 6) is 0.231. The normalized spacial score (nSPS) is 12.1. The second-order valence-electron chi connectivity index (χ2n) is 1.07. The first kappa shape index (κ1) is 7.42. The number of nitrogens with one attached hydrogen (secondary N) is 1. The van der Waals surface area contributed by atoms with Gasteiger partial charge in [-0.25, -0.2) is 0 Å². The summed E-state index contributed by atoms with van der Waals surface area (Å²) in [6, 6.07) is -0.671. The van der Waals surface area contributed by atoms with E-state index in [1.807, 2.05) is 5.43 Å². The van der Waals surface area contributed by atoms with Gasteiger partial charge in [0, 0.05) is 5.75 Å². The molecular formula is C3H5N2O2S. The number of rotatable bonds is 4. The van der Waals surface area contributed by atoms with Crippen LogP contribution < -0.4 is 5.43 Å². The van der Waals surface area contributed by atoms with Crippen LogP contribution in [0.1, 0.15) is 0 Å². The Labute approximate surface area is 52.0 Å². The second-order valence-corrected chi connectivity index (χ2v) is 1.44. The van der Waals surface area contributed by atoms with Crippen LogP contribution in [-0.2, 0) is 4.79 Å². The maximum absolute atomic E-state index is 9.69. The standard InChI is InChI=1S/C3H5N2O2S/c6-1-3(2-8)4-5-7/h3,8H,2H2,(H,4,7)/t3-/m1/s1. The summed E-state index contributed by atoms with van der Waals surface area (Å²) >= 11 is 3.71. The van der Waals surface area contributed by atoms with Gasteiger partial charge in [0.2, 0.25) is 6.29 Å². The van der Waals surface area contributed by atoms with Crippen LogP contribution >= 0.6 is 12.6 Å². The predicted molar refractivity (Wildman–Crippen MR) is 32.3 cm³/mol. The lowest BCUT2D eigenvalue weighted by molar-refractivity contribution is 0.530. The molecular weight excluding hydrogens is 128 g/mol. The van der Waals surface area contributed by atoms with Crippen LogP contribution in [0.2, 0.25) is 0 Å². The van der Waals surface area contributed by atoms with Crippen LogP contribution in [0.4, 0.5) is 0 Å². The highest BCUT2D eigenvalue weighted by molar-refractivity contribution is 7.80. The molecule has 1 atom stereocenters. The maximum atomic E-state index is 9.69. The summed E-state index contributed by atoms with van der Waals surface area (Å²) in [4.78, 5) is 19.0. The minimum atomic E-state index is -0.671. The van der Waals surface area contributed by atoms with Gasteiger partial charge in [0.25, 0.3) is 0 Å². The molecule has 0 rings (SSSR count). The number of thiol groups is 1. The summed E-state index contributed by atoms with van der Waals surface area (Å²) in [6.07, 6.45) is 1.52. The van der Waals surface area contributed by atoms with Gasteiger partial charge in [-0.05, 0) is 0 Å². The van der Waals surface area contributed by atoms with Gasteiger partial charge in [-0.2, -0.15) is 12.6 Å². The van der Waals surface area contributed by atoms with Crippen LogP contribution in [0, 0.1) is 4.91 Å². The molecule has 0 aliphatic rings. The molecule has 5 heteroatoms. The second kappa shape index (κ2) is 4.58. The first-order valence-corrected chi connectivity index (χ1v) is 2.54. The fraction of sp³-hybridized carbons (Fsp3) is 0.667. The first-order valence-electron chi connectivity index (χ1n) is 1.91. The number of nitrogens with zero attached hydrogens (tertiary/aromatic N) is 1. The molecule has 45 valence electrons. The van der Waals surface area contributed by atoms with Gasteiger partial charge in [-0.15, -0.1) is 4.91 Å². The van der Waals surface area contributed by atoms with E-state index in [1.165, 1.54) is 6.29 Å². The lowest BCUT2D eigenvalue weighted by Crippen LogP contribution is -2.26. The molecule has 0 amide bonds. The SMILES string of the molecule is O=[C][C@H](CS)NN=O. The zero-order valence-corrected chi connectivity index (χ0v) is 4.89. The Bertz CT molecular complexity index is 87.4. The van der Waals surface area contributed by atoms with Crippen molar-refractivity contribution in [2.24, 2.45) is 5.29 Å². The molecule has 0 aromatic carbocycles. The Balaban J connectivity index is 3.35. The van der Waals surface area contributed by atoms with Crippen LogP contribution in [-0.4, -0.2) is 18.1 Å². The fourth-order valence-corrected chi connectivity index (χ4v) is 0.324. The highest BCUT2D eigenvalue weighted by Crippen LogP contribution is 1.80. The molecule has 0 saturated heterocycles. The number of nitroso groups, excluding NO2 is 1. The van der Waals surface area contributed by atoms with Crippen LogP contribution in [0.25, 0.3) is 0 Å². The largest absolute Gasteiger partial charge is 0.288 e. The molecule has 0 bridgehead atoms. The molecule has 0 aliphatic heterocycles.